The summed E-state index contributed by atoms with van der Waals surface area (Å²) in [5, 5.41) is 0.633. The van der Waals surface area contributed by atoms with Crippen LogP contribution in [0.15, 0.2) is 83.9 Å². The molecule has 0 saturated heterocycles. The van der Waals surface area contributed by atoms with Crippen molar-refractivity contribution in [3.05, 3.63) is 95.3 Å². The Labute approximate surface area is 206 Å². The number of nitrogens with zero attached hydrogens (tertiary/aromatic N) is 3. The summed E-state index contributed by atoms with van der Waals surface area (Å²) in [7, 11) is 4.72. The zero-order valence-corrected chi connectivity index (χ0v) is 19.9. The lowest BCUT2D eigenvalue weighted by Crippen LogP contribution is -2.21. The molecule has 2 aromatic heterocycles. The van der Waals surface area contributed by atoms with Crippen LogP contribution in [-0.2, 0) is 7.05 Å². The Balaban J connectivity index is 1.49. The van der Waals surface area contributed by atoms with Crippen molar-refractivity contribution < 1.29 is 18.6 Å². The molecule has 0 unspecified atom stereocenters. The van der Waals surface area contributed by atoms with Gasteiger partial charge in [0.05, 0.1) is 25.3 Å². The highest BCUT2D eigenvalue weighted by molar-refractivity contribution is 5.88. The highest BCUT2D eigenvalue weighted by atomic mass is 19.1. The number of benzene rings is 3. The molecule has 0 spiro atoms. The molecule has 0 saturated carbocycles. The Morgan fingerprint density at radius 3 is 2.28 bits per heavy atom. The van der Waals surface area contributed by atoms with E-state index in [1.807, 2.05) is 30.3 Å². The van der Waals surface area contributed by atoms with Gasteiger partial charge in [0, 0.05) is 36.5 Å². The molecule has 7 nitrogen and oxygen atoms in total. The fourth-order valence-electron chi connectivity index (χ4n) is 4.00. The number of hydrogen-bond acceptors (Lipinski definition) is 6. The van der Waals surface area contributed by atoms with Crippen molar-refractivity contribution in [2.75, 3.05) is 14.2 Å². The smallest absolute Gasteiger partial charge is 0.261 e. The van der Waals surface area contributed by atoms with E-state index >= 15 is 4.39 Å². The lowest BCUT2D eigenvalue weighted by Gasteiger charge is -2.13. The summed E-state index contributed by atoms with van der Waals surface area (Å²) in [6.07, 6.45) is 3.04. The van der Waals surface area contributed by atoms with Crippen LogP contribution >= 0.6 is 0 Å². The summed E-state index contributed by atoms with van der Waals surface area (Å²) in [6.45, 7) is 0. The molecule has 180 valence electrons. The Morgan fingerprint density at radius 1 is 0.806 bits per heavy atom. The summed E-state index contributed by atoms with van der Waals surface area (Å²) in [5.74, 6) is 1.34. The zero-order chi connectivity index (χ0) is 25.2. The van der Waals surface area contributed by atoms with Gasteiger partial charge in [-0.25, -0.2) is 9.37 Å². The third kappa shape index (κ3) is 4.13. The number of methoxy groups -OCH3 is 2. The van der Waals surface area contributed by atoms with Gasteiger partial charge in [-0.3, -0.25) is 14.3 Å². The number of ether oxygens (including phenoxy) is 3. The monoisotopic (exact) mass is 483 g/mol. The maximum Gasteiger partial charge on any atom is 0.261 e. The van der Waals surface area contributed by atoms with Gasteiger partial charge in [0.25, 0.3) is 5.56 Å². The maximum absolute atomic E-state index is 15.1. The molecule has 0 fully saturated rings. The van der Waals surface area contributed by atoms with E-state index < -0.39 is 5.82 Å². The summed E-state index contributed by atoms with van der Waals surface area (Å²) in [6, 6.07) is 18.9. The fraction of sp³-hybridized carbons (Fsp3) is 0.107. The van der Waals surface area contributed by atoms with Gasteiger partial charge >= 0.3 is 0 Å². The van der Waals surface area contributed by atoms with Crippen molar-refractivity contribution in [2.45, 2.75) is 0 Å². The molecule has 3 aromatic carbocycles. The Hall–Kier alpha value is -4.72. The lowest BCUT2D eigenvalue weighted by molar-refractivity contribution is 0.355. The first-order valence-electron chi connectivity index (χ1n) is 11.1. The molecule has 0 aliphatic rings. The summed E-state index contributed by atoms with van der Waals surface area (Å²) < 4.78 is 33.2. The molecule has 0 atom stereocenters. The normalized spacial score (nSPS) is 10.9. The van der Waals surface area contributed by atoms with E-state index in [1.54, 1.807) is 44.6 Å². The van der Waals surface area contributed by atoms with Crippen molar-refractivity contribution >= 4 is 10.9 Å². The largest absolute Gasteiger partial charge is 0.493 e. The average molecular weight is 483 g/mol. The van der Waals surface area contributed by atoms with E-state index in [0.29, 0.717) is 39.5 Å². The molecule has 0 aliphatic carbocycles. The van der Waals surface area contributed by atoms with E-state index in [1.165, 1.54) is 30.0 Å². The van der Waals surface area contributed by atoms with Crippen LogP contribution < -0.4 is 19.8 Å². The number of halogens is 1. The molecular formula is C28H22FN3O4. The summed E-state index contributed by atoms with van der Waals surface area (Å²) >= 11 is 0. The van der Waals surface area contributed by atoms with E-state index in [0.717, 1.165) is 5.56 Å². The SMILES string of the molecule is COc1cc2nccc(Oc3ccc(-c4cnc(-c5ccccc5)n(C)c4=O)cc3F)c2cc1OC. The first-order chi connectivity index (χ1) is 17.5. The minimum atomic E-state index is -0.618. The molecule has 5 rings (SSSR count). The molecule has 36 heavy (non-hydrogen) atoms. The first-order valence-corrected chi connectivity index (χ1v) is 11.1. The van der Waals surface area contributed by atoms with Gasteiger partial charge in [-0.2, -0.15) is 0 Å². The van der Waals surface area contributed by atoms with Crippen molar-refractivity contribution in [2.24, 2.45) is 7.05 Å². The second-order valence-corrected chi connectivity index (χ2v) is 8.01. The molecular weight excluding hydrogens is 461 g/mol. The molecule has 5 aromatic rings. The van der Waals surface area contributed by atoms with Gasteiger partial charge in [0.2, 0.25) is 0 Å². The number of aromatic nitrogens is 3. The van der Waals surface area contributed by atoms with Crippen LogP contribution in [0.25, 0.3) is 33.4 Å². The molecule has 0 amide bonds. The first kappa shape index (κ1) is 23.0. The van der Waals surface area contributed by atoms with Crippen LogP contribution in [0.3, 0.4) is 0 Å². The Morgan fingerprint density at radius 2 is 1.56 bits per heavy atom. The zero-order valence-electron chi connectivity index (χ0n) is 19.9. The van der Waals surface area contributed by atoms with Crippen LogP contribution in [0.2, 0.25) is 0 Å². The average Bonchev–Trinajstić information content (AvgIpc) is 2.91. The van der Waals surface area contributed by atoms with Gasteiger partial charge < -0.3 is 14.2 Å². The van der Waals surface area contributed by atoms with E-state index in [9.17, 15) is 4.79 Å². The number of pyridine rings is 1. The second-order valence-electron chi connectivity index (χ2n) is 8.01. The van der Waals surface area contributed by atoms with Crippen molar-refractivity contribution in [1.82, 2.24) is 14.5 Å². The van der Waals surface area contributed by atoms with E-state index in [4.69, 9.17) is 14.2 Å². The fourth-order valence-corrected chi connectivity index (χ4v) is 4.00. The van der Waals surface area contributed by atoms with Crippen LogP contribution in [0, 0.1) is 5.82 Å². The third-order valence-corrected chi connectivity index (χ3v) is 5.87. The van der Waals surface area contributed by atoms with Gasteiger partial charge in [-0.15, -0.1) is 0 Å². The van der Waals surface area contributed by atoms with Gasteiger partial charge in [-0.05, 0) is 29.8 Å². The van der Waals surface area contributed by atoms with Crippen LogP contribution in [0.4, 0.5) is 4.39 Å². The Bertz CT molecular complexity index is 1630. The number of fused-ring (bicyclic) bond motifs is 1. The quantitative estimate of drug-likeness (QED) is 0.312. The maximum atomic E-state index is 15.1. The minimum absolute atomic E-state index is 0.00623. The lowest BCUT2D eigenvalue weighted by atomic mass is 10.1. The van der Waals surface area contributed by atoms with Crippen molar-refractivity contribution in [1.29, 1.82) is 0 Å². The molecule has 8 heteroatoms. The number of rotatable bonds is 6. The molecule has 0 N–H and O–H groups in total. The van der Waals surface area contributed by atoms with Gasteiger partial charge in [0.1, 0.15) is 11.6 Å². The molecule has 0 aliphatic heterocycles. The molecule has 0 bridgehead atoms. The van der Waals surface area contributed by atoms with Crippen molar-refractivity contribution in [3.8, 4) is 45.5 Å². The summed E-state index contributed by atoms with van der Waals surface area (Å²) in [5.41, 5.74) is 1.83. The van der Waals surface area contributed by atoms with E-state index in [-0.39, 0.29) is 16.9 Å². The predicted octanol–water partition coefficient (Wildman–Crippen LogP) is 5.61. The Kier molecular flexibility index (Phi) is 6.08. The standard InChI is InChI=1S/C28H22FN3O4/c1-32-27(17-7-5-4-6-8-17)31-16-20(28(32)33)18-9-10-24(21(29)13-18)36-23-11-12-30-22-15-26(35-3)25(34-2)14-19(22)23/h4-16H,1-3H3. The van der Waals surface area contributed by atoms with Crippen LogP contribution in [0.5, 0.6) is 23.0 Å². The predicted molar refractivity (Wildman–Crippen MR) is 135 cm³/mol. The third-order valence-electron chi connectivity index (χ3n) is 5.87. The molecule has 2 heterocycles. The molecule has 0 radical (unpaired) electrons. The van der Waals surface area contributed by atoms with Crippen LogP contribution in [-0.4, -0.2) is 28.8 Å². The topological polar surface area (TPSA) is 75.5 Å². The van der Waals surface area contributed by atoms with Gasteiger partial charge in [0.15, 0.2) is 23.1 Å². The number of hydrogen-bond donors (Lipinski definition) is 0. The second kappa shape index (κ2) is 9.50. The summed E-state index contributed by atoms with van der Waals surface area (Å²) in [4.78, 5) is 21.8. The highest BCUT2D eigenvalue weighted by Gasteiger charge is 2.16. The van der Waals surface area contributed by atoms with E-state index in [2.05, 4.69) is 9.97 Å². The van der Waals surface area contributed by atoms with Crippen LogP contribution in [0.1, 0.15) is 0 Å². The van der Waals surface area contributed by atoms with Crippen molar-refractivity contribution in [3.63, 3.8) is 0 Å². The minimum Gasteiger partial charge on any atom is -0.493 e. The van der Waals surface area contributed by atoms with Gasteiger partial charge in [-0.1, -0.05) is 36.4 Å². The highest BCUT2D eigenvalue weighted by Crippen LogP contribution is 2.37.